The summed E-state index contributed by atoms with van der Waals surface area (Å²) in [6.07, 6.45) is 1.63. The second-order valence-electron chi connectivity index (χ2n) is 7.33. The molecule has 4 rings (SSSR count). The molecule has 0 saturated carbocycles. The lowest BCUT2D eigenvalue weighted by atomic mass is 10.1. The molecule has 5 nitrogen and oxygen atoms in total. The minimum absolute atomic E-state index is 0.0564. The fourth-order valence-corrected chi connectivity index (χ4v) is 4.05. The first-order chi connectivity index (χ1) is 14.8. The van der Waals surface area contributed by atoms with Gasteiger partial charge in [0.25, 0.3) is 11.8 Å². The van der Waals surface area contributed by atoms with Crippen molar-refractivity contribution < 1.29 is 9.59 Å². The minimum atomic E-state index is -0.490. The Labute approximate surface area is 190 Å². The molecule has 1 saturated heterocycles. The molecule has 1 aromatic heterocycles. The first kappa shape index (κ1) is 21.0. The first-order valence-corrected chi connectivity index (χ1v) is 10.5. The number of amides is 2. The van der Waals surface area contributed by atoms with Crippen LogP contribution >= 0.6 is 23.8 Å². The van der Waals surface area contributed by atoms with E-state index in [0.29, 0.717) is 11.6 Å². The van der Waals surface area contributed by atoms with Crippen molar-refractivity contribution >= 4 is 46.8 Å². The van der Waals surface area contributed by atoms with E-state index in [1.807, 2.05) is 74.5 Å². The highest BCUT2D eigenvalue weighted by Gasteiger charge is 2.33. The standard InChI is InChI=1S/C24H20ClN3O2S/c1-15-12-18(16(2)28(15)20-10-8-19(25)9-11-20)13-21-22(29)26-24(31)27(23(21)30)14-17-6-4-3-5-7-17/h3-13H,14H2,1-2H3,(H,26,29,31)/b21-13-. The van der Waals surface area contributed by atoms with E-state index in [0.717, 1.165) is 28.2 Å². The Hall–Kier alpha value is -3.22. The average Bonchev–Trinajstić information content (AvgIpc) is 3.03. The Morgan fingerprint density at radius 1 is 1.03 bits per heavy atom. The molecule has 0 aliphatic carbocycles. The van der Waals surface area contributed by atoms with Crippen LogP contribution in [-0.2, 0) is 16.1 Å². The van der Waals surface area contributed by atoms with Crippen molar-refractivity contribution in [2.24, 2.45) is 0 Å². The first-order valence-electron chi connectivity index (χ1n) is 9.73. The maximum absolute atomic E-state index is 13.2. The second-order valence-corrected chi connectivity index (χ2v) is 8.16. The quantitative estimate of drug-likeness (QED) is 0.360. The fourth-order valence-electron chi connectivity index (χ4n) is 3.68. The zero-order chi connectivity index (χ0) is 22.1. The number of carbonyl (C=O) groups excluding carboxylic acids is 2. The van der Waals surface area contributed by atoms with Crippen LogP contribution in [0.25, 0.3) is 11.8 Å². The third-order valence-electron chi connectivity index (χ3n) is 5.22. The fraction of sp³-hybridized carbons (Fsp3) is 0.125. The van der Waals surface area contributed by atoms with Crippen molar-refractivity contribution in [3.05, 3.63) is 93.8 Å². The monoisotopic (exact) mass is 449 g/mol. The zero-order valence-corrected chi connectivity index (χ0v) is 18.6. The highest BCUT2D eigenvalue weighted by Crippen LogP contribution is 2.25. The summed E-state index contributed by atoms with van der Waals surface area (Å²) in [7, 11) is 0. The Bertz CT molecular complexity index is 1210. The number of nitrogens with one attached hydrogen (secondary N) is 1. The van der Waals surface area contributed by atoms with E-state index in [1.165, 1.54) is 4.90 Å². The molecule has 1 aliphatic heterocycles. The molecule has 2 amide bonds. The van der Waals surface area contributed by atoms with Crippen LogP contribution < -0.4 is 5.32 Å². The van der Waals surface area contributed by atoms with Crippen LogP contribution in [0.3, 0.4) is 0 Å². The molecule has 1 aliphatic rings. The van der Waals surface area contributed by atoms with Gasteiger partial charge in [0.05, 0.1) is 6.54 Å². The zero-order valence-electron chi connectivity index (χ0n) is 17.1. The van der Waals surface area contributed by atoms with Crippen LogP contribution in [-0.4, -0.2) is 26.4 Å². The van der Waals surface area contributed by atoms with Crippen LogP contribution in [0.5, 0.6) is 0 Å². The van der Waals surface area contributed by atoms with Gasteiger partial charge in [0.2, 0.25) is 0 Å². The second kappa shape index (κ2) is 8.49. The summed E-state index contributed by atoms with van der Waals surface area (Å²) < 4.78 is 2.06. The summed E-state index contributed by atoms with van der Waals surface area (Å²) in [4.78, 5) is 27.2. The summed E-state index contributed by atoms with van der Waals surface area (Å²) in [5, 5.41) is 3.41. The maximum Gasteiger partial charge on any atom is 0.265 e. The number of carbonyl (C=O) groups is 2. The number of nitrogens with zero attached hydrogens (tertiary/aromatic N) is 2. The number of hydrogen-bond acceptors (Lipinski definition) is 3. The molecule has 0 atom stereocenters. The van der Waals surface area contributed by atoms with E-state index in [9.17, 15) is 9.59 Å². The van der Waals surface area contributed by atoms with E-state index in [-0.39, 0.29) is 10.7 Å². The average molecular weight is 450 g/mol. The van der Waals surface area contributed by atoms with E-state index >= 15 is 0 Å². The maximum atomic E-state index is 13.2. The molecule has 2 heterocycles. The van der Waals surface area contributed by atoms with Crippen molar-refractivity contribution in [2.75, 3.05) is 0 Å². The number of thiocarbonyl (C=S) groups is 1. The largest absolute Gasteiger partial charge is 0.318 e. The molecule has 1 N–H and O–H groups in total. The van der Waals surface area contributed by atoms with Gasteiger partial charge >= 0.3 is 0 Å². The minimum Gasteiger partial charge on any atom is -0.318 e. The predicted octanol–water partition coefficient (Wildman–Crippen LogP) is 4.57. The van der Waals surface area contributed by atoms with Crippen molar-refractivity contribution in [3.63, 3.8) is 0 Å². The molecule has 31 heavy (non-hydrogen) atoms. The van der Waals surface area contributed by atoms with Crippen LogP contribution in [0.15, 0.2) is 66.2 Å². The lowest BCUT2D eigenvalue weighted by Crippen LogP contribution is -2.53. The van der Waals surface area contributed by atoms with Crippen LogP contribution in [0.2, 0.25) is 5.02 Å². The lowest BCUT2D eigenvalue weighted by Gasteiger charge is -2.29. The summed E-state index contributed by atoms with van der Waals surface area (Å²) in [6.45, 7) is 4.22. The van der Waals surface area contributed by atoms with E-state index in [4.69, 9.17) is 23.8 Å². The van der Waals surface area contributed by atoms with Crippen molar-refractivity contribution in [3.8, 4) is 5.69 Å². The van der Waals surface area contributed by atoms with E-state index in [2.05, 4.69) is 9.88 Å². The van der Waals surface area contributed by atoms with Crippen molar-refractivity contribution in [1.29, 1.82) is 0 Å². The van der Waals surface area contributed by atoms with E-state index in [1.54, 1.807) is 6.08 Å². The topological polar surface area (TPSA) is 54.3 Å². The molecule has 7 heteroatoms. The molecule has 3 aromatic rings. The molecule has 156 valence electrons. The molecule has 0 unspecified atom stereocenters. The summed E-state index contributed by atoms with van der Waals surface area (Å²) in [5.74, 6) is -0.899. The van der Waals surface area contributed by atoms with Gasteiger partial charge in [-0.05, 0) is 73.6 Å². The van der Waals surface area contributed by atoms with Gasteiger partial charge in [-0.25, -0.2) is 0 Å². The summed E-state index contributed by atoms with van der Waals surface area (Å²) in [5.41, 5.74) is 4.62. The van der Waals surface area contributed by atoms with Crippen LogP contribution in [0, 0.1) is 13.8 Å². The molecule has 0 bridgehead atoms. The number of halogens is 1. The molecular weight excluding hydrogens is 430 g/mol. The number of benzene rings is 2. The highest BCUT2D eigenvalue weighted by molar-refractivity contribution is 7.80. The Morgan fingerprint density at radius 3 is 2.39 bits per heavy atom. The number of rotatable bonds is 4. The van der Waals surface area contributed by atoms with Gasteiger partial charge in [0, 0.05) is 22.1 Å². The Kier molecular flexibility index (Phi) is 5.76. The number of aryl methyl sites for hydroxylation is 1. The van der Waals surface area contributed by atoms with Crippen LogP contribution in [0.4, 0.5) is 0 Å². The van der Waals surface area contributed by atoms with Crippen LogP contribution in [0.1, 0.15) is 22.5 Å². The van der Waals surface area contributed by atoms with Crippen molar-refractivity contribution in [2.45, 2.75) is 20.4 Å². The Balaban J connectivity index is 1.69. The van der Waals surface area contributed by atoms with Gasteiger partial charge < -0.3 is 4.57 Å². The lowest BCUT2D eigenvalue weighted by molar-refractivity contribution is -0.129. The molecule has 0 spiro atoms. The normalized spacial score (nSPS) is 15.5. The number of hydrogen-bond donors (Lipinski definition) is 1. The number of aromatic nitrogens is 1. The molecule has 2 aromatic carbocycles. The van der Waals surface area contributed by atoms with Gasteiger partial charge in [0.15, 0.2) is 5.11 Å². The highest BCUT2D eigenvalue weighted by atomic mass is 35.5. The molecule has 1 fully saturated rings. The summed E-state index contributed by atoms with van der Waals surface area (Å²) in [6, 6.07) is 19.0. The predicted molar refractivity (Wildman–Crippen MR) is 126 cm³/mol. The SMILES string of the molecule is Cc1cc(/C=C2/C(=O)NC(=S)N(Cc3ccccc3)C2=O)c(C)n1-c1ccc(Cl)cc1. The van der Waals surface area contributed by atoms with Gasteiger partial charge in [-0.15, -0.1) is 0 Å². The smallest absolute Gasteiger partial charge is 0.265 e. The van der Waals surface area contributed by atoms with Crippen molar-refractivity contribution in [1.82, 2.24) is 14.8 Å². The molecule has 0 radical (unpaired) electrons. The third kappa shape index (κ3) is 4.17. The Morgan fingerprint density at radius 2 is 1.71 bits per heavy atom. The summed E-state index contributed by atoms with van der Waals surface area (Å²) >= 11 is 11.3. The van der Waals surface area contributed by atoms with Gasteiger partial charge in [-0.2, -0.15) is 0 Å². The molecular formula is C24H20ClN3O2S. The third-order valence-corrected chi connectivity index (χ3v) is 5.80. The van der Waals surface area contributed by atoms with Gasteiger partial charge in [-0.1, -0.05) is 41.9 Å². The van der Waals surface area contributed by atoms with Gasteiger partial charge in [-0.3, -0.25) is 19.8 Å². The van der Waals surface area contributed by atoms with Gasteiger partial charge in [0.1, 0.15) is 5.57 Å². The van der Waals surface area contributed by atoms with E-state index < -0.39 is 11.8 Å².